The van der Waals surface area contributed by atoms with Crippen LogP contribution in [0.3, 0.4) is 0 Å². The minimum atomic E-state index is -0.717. The Kier molecular flexibility index (Phi) is 4.31. The summed E-state index contributed by atoms with van der Waals surface area (Å²) in [5, 5.41) is 8.91. The monoisotopic (exact) mass is 257 g/mol. The number of carboxylic acid groups (broad SMARTS) is 1. The summed E-state index contributed by atoms with van der Waals surface area (Å²) < 4.78 is 0. The first kappa shape index (κ1) is 12.7. The minimum absolute atomic E-state index is 0.176. The van der Waals surface area contributed by atoms with E-state index in [1.165, 1.54) is 5.75 Å². The predicted octanol–water partition coefficient (Wildman–Crippen LogP) is 1.45. The van der Waals surface area contributed by atoms with Crippen molar-refractivity contribution in [2.24, 2.45) is 11.8 Å². The van der Waals surface area contributed by atoms with Crippen molar-refractivity contribution >= 4 is 23.6 Å². The maximum absolute atomic E-state index is 12.2. The Balaban J connectivity index is 1.83. The van der Waals surface area contributed by atoms with Crippen LogP contribution in [0.2, 0.25) is 0 Å². The van der Waals surface area contributed by atoms with Crippen molar-refractivity contribution in [1.29, 1.82) is 0 Å². The molecule has 1 unspecified atom stereocenters. The number of likely N-dealkylation sites (tertiary alicyclic amines) is 1. The number of hydrogen-bond donors (Lipinski definition) is 1. The molecule has 2 fully saturated rings. The van der Waals surface area contributed by atoms with E-state index in [1.807, 2.05) is 16.7 Å². The lowest BCUT2D eigenvalue weighted by molar-refractivity contribution is -0.146. The van der Waals surface area contributed by atoms with Crippen LogP contribution in [0.15, 0.2) is 0 Å². The van der Waals surface area contributed by atoms with E-state index < -0.39 is 5.97 Å². The minimum Gasteiger partial charge on any atom is -0.481 e. The highest BCUT2D eigenvalue weighted by atomic mass is 32.2. The summed E-state index contributed by atoms with van der Waals surface area (Å²) in [7, 11) is 0. The molecule has 0 saturated carbocycles. The number of rotatable bonds is 2. The molecule has 96 valence electrons. The zero-order valence-electron chi connectivity index (χ0n) is 9.93. The zero-order chi connectivity index (χ0) is 12.3. The van der Waals surface area contributed by atoms with Gasteiger partial charge in [-0.3, -0.25) is 9.59 Å². The van der Waals surface area contributed by atoms with E-state index in [1.54, 1.807) is 0 Å². The molecule has 2 heterocycles. The summed E-state index contributed by atoms with van der Waals surface area (Å²) in [5.41, 5.74) is 0. The van der Waals surface area contributed by atoms with Gasteiger partial charge in [0.05, 0.1) is 5.92 Å². The van der Waals surface area contributed by atoms with Gasteiger partial charge in [0, 0.05) is 24.8 Å². The van der Waals surface area contributed by atoms with Crippen LogP contribution in [-0.2, 0) is 9.59 Å². The van der Waals surface area contributed by atoms with Gasteiger partial charge in [-0.15, -0.1) is 0 Å². The first-order chi connectivity index (χ1) is 8.18. The number of piperidine rings is 1. The van der Waals surface area contributed by atoms with Gasteiger partial charge in [-0.2, -0.15) is 11.8 Å². The Hall–Kier alpha value is -0.710. The van der Waals surface area contributed by atoms with Gasteiger partial charge in [0.1, 0.15) is 0 Å². The lowest BCUT2D eigenvalue weighted by Gasteiger charge is -2.33. The second-order valence-corrected chi connectivity index (χ2v) is 6.00. The average Bonchev–Trinajstić information content (AvgIpc) is 2.39. The van der Waals surface area contributed by atoms with Crippen LogP contribution in [0, 0.1) is 11.8 Å². The fourth-order valence-corrected chi connectivity index (χ4v) is 3.67. The molecule has 0 bridgehead atoms. The lowest BCUT2D eigenvalue weighted by atomic mass is 9.95. The Labute approximate surface area is 106 Å². The van der Waals surface area contributed by atoms with Gasteiger partial charge in [0.25, 0.3) is 0 Å². The van der Waals surface area contributed by atoms with E-state index in [0.29, 0.717) is 25.9 Å². The first-order valence-corrected chi connectivity index (χ1v) is 7.43. The smallest absolute Gasteiger partial charge is 0.306 e. The molecule has 0 aromatic heterocycles. The van der Waals surface area contributed by atoms with Gasteiger partial charge in [-0.05, 0) is 31.4 Å². The third-order valence-electron chi connectivity index (χ3n) is 3.67. The van der Waals surface area contributed by atoms with Crippen molar-refractivity contribution in [3.05, 3.63) is 0 Å². The Morgan fingerprint density at radius 1 is 1.12 bits per heavy atom. The number of aliphatic carboxylic acids is 1. The fraction of sp³-hybridized carbons (Fsp3) is 0.833. The van der Waals surface area contributed by atoms with E-state index in [4.69, 9.17) is 5.11 Å². The molecule has 1 amide bonds. The molecule has 0 radical (unpaired) electrons. The Morgan fingerprint density at radius 2 is 1.82 bits per heavy atom. The van der Waals surface area contributed by atoms with Gasteiger partial charge in [0.2, 0.25) is 5.91 Å². The van der Waals surface area contributed by atoms with E-state index in [-0.39, 0.29) is 17.7 Å². The second kappa shape index (κ2) is 5.76. The molecule has 0 aliphatic carbocycles. The number of carbonyl (C=O) groups is 2. The van der Waals surface area contributed by atoms with Crippen molar-refractivity contribution in [3.63, 3.8) is 0 Å². The van der Waals surface area contributed by atoms with Crippen molar-refractivity contribution in [2.45, 2.75) is 25.7 Å². The van der Waals surface area contributed by atoms with Crippen molar-refractivity contribution < 1.29 is 14.7 Å². The molecule has 5 heteroatoms. The zero-order valence-corrected chi connectivity index (χ0v) is 10.7. The molecular weight excluding hydrogens is 238 g/mol. The fourth-order valence-electron chi connectivity index (χ4n) is 2.54. The van der Waals surface area contributed by atoms with Gasteiger partial charge >= 0.3 is 5.97 Å². The third kappa shape index (κ3) is 3.15. The average molecular weight is 257 g/mol. The first-order valence-electron chi connectivity index (χ1n) is 6.28. The normalized spacial score (nSPS) is 26.8. The highest BCUT2D eigenvalue weighted by molar-refractivity contribution is 7.99. The van der Waals surface area contributed by atoms with Crippen LogP contribution in [0.1, 0.15) is 25.7 Å². The van der Waals surface area contributed by atoms with Crippen LogP contribution in [0.5, 0.6) is 0 Å². The van der Waals surface area contributed by atoms with Crippen molar-refractivity contribution in [2.75, 3.05) is 24.6 Å². The van der Waals surface area contributed by atoms with Gasteiger partial charge < -0.3 is 10.0 Å². The van der Waals surface area contributed by atoms with Gasteiger partial charge in [-0.25, -0.2) is 0 Å². The molecule has 2 rings (SSSR count). The summed E-state index contributed by atoms with van der Waals surface area (Å²) in [6.07, 6.45) is 3.36. The SMILES string of the molecule is O=C(O)C1CCN(C(=O)C2CCCSC2)CC1. The maximum atomic E-state index is 12.2. The summed E-state index contributed by atoms with van der Waals surface area (Å²) in [4.78, 5) is 24.9. The van der Waals surface area contributed by atoms with Crippen LogP contribution in [-0.4, -0.2) is 46.5 Å². The largest absolute Gasteiger partial charge is 0.481 e. The molecule has 2 aliphatic rings. The number of carboxylic acids is 1. The molecule has 17 heavy (non-hydrogen) atoms. The Bertz CT molecular complexity index is 294. The number of carbonyl (C=O) groups excluding carboxylic acids is 1. The predicted molar refractivity (Wildman–Crippen MR) is 67.0 cm³/mol. The highest BCUT2D eigenvalue weighted by Gasteiger charge is 2.31. The van der Waals surface area contributed by atoms with Crippen molar-refractivity contribution in [3.8, 4) is 0 Å². The molecule has 2 aliphatic heterocycles. The van der Waals surface area contributed by atoms with E-state index in [9.17, 15) is 9.59 Å². The summed E-state index contributed by atoms with van der Waals surface area (Å²) in [5.74, 6) is 1.57. The molecule has 1 atom stereocenters. The summed E-state index contributed by atoms with van der Waals surface area (Å²) in [6.45, 7) is 1.24. The summed E-state index contributed by atoms with van der Waals surface area (Å²) >= 11 is 1.86. The van der Waals surface area contributed by atoms with Crippen LogP contribution in [0.25, 0.3) is 0 Å². The molecule has 1 N–H and O–H groups in total. The lowest BCUT2D eigenvalue weighted by Crippen LogP contribution is -2.44. The van der Waals surface area contributed by atoms with Crippen LogP contribution < -0.4 is 0 Å². The highest BCUT2D eigenvalue weighted by Crippen LogP contribution is 2.26. The Morgan fingerprint density at radius 3 is 2.35 bits per heavy atom. The van der Waals surface area contributed by atoms with E-state index in [0.717, 1.165) is 18.6 Å². The van der Waals surface area contributed by atoms with Gasteiger partial charge in [-0.1, -0.05) is 0 Å². The van der Waals surface area contributed by atoms with E-state index >= 15 is 0 Å². The molecule has 4 nitrogen and oxygen atoms in total. The quantitative estimate of drug-likeness (QED) is 0.813. The number of hydrogen-bond acceptors (Lipinski definition) is 3. The van der Waals surface area contributed by atoms with Crippen LogP contribution >= 0.6 is 11.8 Å². The van der Waals surface area contributed by atoms with E-state index in [2.05, 4.69) is 0 Å². The standard InChI is InChI=1S/C12H19NO3S/c14-11(10-2-1-7-17-8-10)13-5-3-9(4-6-13)12(15)16/h9-10H,1-8H2,(H,15,16). The second-order valence-electron chi connectivity index (χ2n) is 4.85. The van der Waals surface area contributed by atoms with Crippen LogP contribution in [0.4, 0.5) is 0 Å². The maximum Gasteiger partial charge on any atom is 0.306 e. The topological polar surface area (TPSA) is 57.6 Å². The number of nitrogens with zero attached hydrogens (tertiary/aromatic N) is 1. The molecule has 0 spiro atoms. The van der Waals surface area contributed by atoms with Gasteiger partial charge in [0.15, 0.2) is 0 Å². The number of thioether (sulfide) groups is 1. The molecular formula is C12H19NO3S. The molecule has 2 saturated heterocycles. The van der Waals surface area contributed by atoms with Crippen molar-refractivity contribution in [1.82, 2.24) is 4.90 Å². The molecule has 0 aromatic carbocycles. The summed E-state index contributed by atoms with van der Waals surface area (Å²) in [6, 6.07) is 0. The number of amides is 1. The molecule has 0 aromatic rings. The third-order valence-corrected chi connectivity index (χ3v) is 4.88.